The summed E-state index contributed by atoms with van der Waals surface area (Å²) in [6.07, 6.45) is 2.76. The van der Waals surface area contributed by atoms with Gasteiger partial charge in [0.25, 0.3) is 0 Å². The molecular weight excluding hydrogens is 314 g/mol. The Morgan fingerprint density at radius 3 is 2.84 bits per heavy atom. The molecular formula is C20H29N3O2. The molecule has 2 unspecified atom stereocenters. The number of hydrogen-bond acceptors (Lipinski definition) is 4. The second-order valence-electron chi connectivity index (χ2n) is 7.07. The number of rotatable bonds is 7. The SMILES string of the molecule is Cc1ccc(N(CCC#N)C(=O)CN2CCCC2CC(C)O)cc1C. The molecule has 0 saturated carbocycles. The van der Waals surface area contributed by atoms with Crippen molar-refractivity contribution in [1.82, 2.24) is 4.90 Å². The highest BCUT2D eigenvalue weighted by Gasteiger charge is 2.29. The van der Waals surface area contributed by atoms with Gasteiger partial charge in [-0.05, 0) is 69.8 Å². The van der Waals surface area contributed by atoms with Crippen molar-refractivity contribution < 1.29 is 9.90 Å². The molecule has 1 fully saturated rings. The van der Waals surface area contributed by atoms with Crippen molar-refractivity contribution in [3.05, 3.63) is 29.3 Å². The van der Waals surface area contributed by atoms with Gasteiger partial charge < -0.3 is 10.0 Å². The number of aryl methyl sites for hydroxylation is 2. The number of anilines is 1. The molecule has 5 nitrogen and oxygen atoms in total. The Labute approximate surface area is 150 Å². The Balaban J connectivity index is 2.12. The molecule has 1 heterocycles. The van der Waals surface area contributed by atoms with E-state index < -0.39 is 0 Å². The lowest BCUT2D eigenvalue weighted by Crippen LogP contribution is -2.43. The summed E-state index contributed by atoms with van der Waals surface area (Å²) in [5, 5.41) is 18.6. The average molecular weight is 343 g/mol. The molecule has 1 saturated heterocycles. The molecule has 25 heavy (non-hydrogen) atoms. The number of nitriles is 1. The van der Waals surface area contributed by atoms with Crippen molar-refractivity contribution in [1.29, 1.82) is 5.26 Å². The monoisotopic (exact) mass is 343 g/mol. The standard InChI is InChI=1S/C20H29N3O2/c1-15-7-8-19(12-16(15)2)23(11-5-9-21)20(25)14-22-10-4-6-18(22)13-17(3)24/h7-8,12,17-18,24H,4-6,10-11,13-14H2,1-3H3. The van der Waals surface area contributed by atoms with Gasteiger partial charge in [0, 0.05) is 18.3 Å². The number of nitrogens with zero attached hydrogens (tertiary/aromatic N) is 3. The quantitative estimate of drug-likeness (QED) is 0.827. The van der Waals surface area contributed by atoms with Gasteiger partial charge in [-0.3, -0.25) is 9.69 Å². The summed E-state index contributed by atoms with van der Waals surface area (Å²) in [5.74, 6) is 0.0241. The lowest BCUT2D eigenvalue weighted by atomic mass is 10.1. The van der Waals surface area contributed by atoms with E-state index in [2.05, 4.69) is 11.0 Å². The van der Waals surface area contributed by atoms with Gasteiger partial charge >= 0.3 is 0 Å². The molecule has 1 amide bonds. The van der Waals surface area contributed by atoms with Crippen LogP contribution in [0.15, 0.2) is 18.2 Å². The first kappa shape index (κ1) is 19.4. The number of hydrogen-bond donors (Lipinski definition) is 1. The maximum atomic E-state index is 12.9. The van der Waals surface area contributed by atoms with Gasteiger partial charge in [0.2, 0.25) is 5.91 Å². The largest absolute Gasteiger partial charge is 0.393 e. The molecule has 1 aliphatic heterocycles. The molecule has 1 aromatic rings. The zero-order valence-corrected chi connectivity index (χ0v) is 15.5. The van der Waals surface area contributed by atoms with Gasteiger partial charge in [0.15, 0.2) is 0 Å². The summed E-state index contributed by atoms with van der Waals surface area (Å²) in [4.78, 5) is 16.9. The molecule has 1 aliphatic rings. The molecule has 0 aliphatic carbocycles. The van der Waals surface area contributed by atoms with Crippen LogP contribution >= 0.6 is 0 Å². The Kier molecular flexibility index (Phi) is 6.98. The number of amides is 1. The normalized spacial score (nSPS) is 18.8. The first-order valence-electron chi connectivity index (χ1n) is 9.09. The van der Waals surface area contributed by atoms with Crippen LogP contribution in [-0.4, -0.2) is 47.7 Å². The van der Waals surface area contributed by atoms with Gasteiger partial charge in [-0.15, -0.1) is 0 Å². The van der Waals surface area contributed by atoms with Crippen molar-refractivity contribution in [2.75, 3.05) is 24.5 Å². The van der Waals surface area contributed by atoms with E-state index in [1.165, 1.54) is 5.56 Å². The highest BCUT2D eigenvalue weighted by Crippen LogP contribution is 2.23. The van der Waals surface area contributed by atoms with Crippen LogP contribution < -0.4 is 4.90 Å². The van der Waals surface area contributed by atoms with Crippen molar-refractivity contribution in [2.45, 2.75) is 58.6 Å². The summed E-state index contributed by atoms with van der Waals surface area (Å²) < 4.78 is 0. The second kappa shape index (κ2) is 8.98. The Hall–Kier alpha value is -1.90. The van der Waals surface area contributed by atoms with E-state index in [-0.39, 0.29) is 18.1 Å². The summed E-state index contributed by atoms with van der Waals surface area (Å²) in [5.41, 5.74) is 3.18. The van der Waals surface area contributed by atoms with Crippen LogP contribution in [0.4, 0.5) is 5.69 Å². The Morgan fingerprint density at radius 1 is 1.44 bits per heavy atom. The van der Waals surface area contributed by atoms with E-state index in [4.69, 9.17) is 5.26 Å². The first-order chi connectivity index (χ1) is 11.9. The van der Waals surface area contributed by atoms with E-state index in [0.717, 1.165) is 30.6 Å². The van der Waals surface area contributed by atoms with Gasteiger partial charge in [0.1, 0.15) is 0 Å². The van der Waals surface area contributed by atoms with Crippen molar-refractivity contribution in [3.8, 4) is 6.07 Å². The minimum atomic E-state index is -0.352. The molecule has 136 valence electrons. The zero-order chi connectivity index (χ0) is 18.4. The van der Waals surface area contributed by atoms with Crippen LogP contribution in [0.5, 0.6) is 0 Å². The van der Waals surface area contributed by atoms with Crippen molar-refractivity contribution >= 4 is 11.6 Å². The summed E-state index contributed by atoms with van der Waals surface area (Å²) in [6.45, 7) is 7.52. The highest BCUT2D eigenvalue weighted by atomic mass is 16.3. The summed E-state index contributed by atoms with van der Waals surface area (Å²) >= 11 is 0. The molecule has 2 atom stereocenters. The predicted molar refractivity (Wildman–Crippen MR) is 99.4 cm³/mol. The highest BCUT2D eigenvalue weighted by molar-refractivity contribution is 5.95. The first-order valence-corrected chi connectivity index (χ1v) is 9.09. The molecule has 2 rings (SSSR count). The fourth-order valence-electron chi connectivity index (χ4n) is 3.48. The van der Waals surface area contributed by atoms with E-state index >= 15 is 0 Å². The molecule has 1 aromatic carbocycles. The molecule has 0 spiro atoms. The van der Waals surface area contributed by atoms with Crippen LogP contribution in [0.2, 0.25) is 0 Å². The van der Waals surface area contributed by atoms with Crippen molar-refractivity contribution in [3.63, 3.8) is 0 Å². The van der Waals surface area contributed by atoms with E-state index in [1.54, 1.807) is 11.8 Å². The van der Waals surface area contributed by atoms with Crippen molar-refractivity contribution in [2.24, 2.45) is 0 Å². The maximum Gasteiger partial charge on any atom is 0.241 e. The topological polar surface area (TPSA) is 67.6 Å². The Morgan fingerprint density at radius 2 is 2.20 bits per heavy atom. The minimum absolute atomic E-state index is 0.0241. The van der Waals surface area contributed by atoms with Crippen LogP contribution in [0.25, 0.3) is 0 Å². The third-order valence-corrected chi connectivity index (χ3v) is 5.00. The van der Waals surface area contributed by atoms with Crippen LogP contribution in [-0.2, 0) is 4.79 Å². The molecule has 0 bridgehead atoms. The van der Waals surface area contributed by atoms with Crippen LogP contribution in [0.3, 0.4) is 0 Å². The second-order valence-corrected chi connectivity index (χ2v) is 7.07. The molecule has 1 N–H and O–H groups in total. The van der Waals surface area contributed by atoms with Crippen LogP contribution in [0, 0.1) is 25.2 Å². The van der Waals surface area contributed by atoms with E-state index in [0.29, 0.717) is 25.9 Å². The number of likely N-dealkylation sites (tertiary alicyclic amines) is 1. The predicted octanol–water partition coefficient (Wildman–Crippen LogP) is 2.79. The van der Waals surface area contributed by atoms with E-state index in [1.807, 2.05) is 32.0 Å². The zero-order valence-electron chi connectivity index (χ0n) is 15.5. The fraction of sp³-hybridized carbons (Fsp3) is 0.600. The third kappa shape index (κ3) is 5.29. The fourth-order valence-corrected chi connectivity index (χ4v) is 3.48. The van der Waals surface area contributed by atoms with Crippen LogP contribution in [0.1, 0.15) is 43.7 Å². The summed E-state index contributed by atoms with van der Waals surface area (Å²) in [6, 6.07) is 8.39. The number of benzene rings is 1. The van der Waals surface area contributed by atoms with E-state index in [9.17, 15) is 9.90 Å². The lowest BCUT2D eigenvalue weighted by Gasteiger charge is -2.29. The smallest absolute Gasteiger partial charge is 0.241 e. The summed E-state index contributed by atoms with van der Waals surface area (Å²) in [7, 11) is 0. The lowest BCUT2D eigenvalue weighted by molar-refractivity contribution is -0.120. The van der Waals surface area contributed by atoms with Gasteiger partial charge in [0.05, 0.1) is 25.1 Å². The van der Waals surface area contributed by atoms with Gasteiger partial charge in [-0.1, -0.05) is 6.07 Å². The number of carbonyl (C=O) groups is 1. The van der Waals surface area contributed by atoms with Gasteiger partial charge in [-0.2, -0.15) is 5.26 Å². The maximum absolute atomic E-state index is 12.9. The number of aliphatic hydroxyl groups is 1. The number of carbonyl (C=O) groups excluding carboxylic acids is 1. The third-order valence-electron chi connectivity index (χ3n) is 5.00. The molecule has 0 radical (unpaired) electrons. The number of aliphatic hydroxyl groups excluding tert-OH is 1. The molecule has 0 aromatic heterocycles. The molecule has 5 heteroatoms. The van der Waals surface area contributed by atoms with Gasteiger partial charge in [-0.25, -0.2) is 0 Å². The minimum Gasteiger partial charge on any atom is -0.393 e. The Bertz CT molecular complexity index is 636. The average Bonchev–Trinajstić information content (AvgIpc) is 2.97.